The van der Waals surface area contributed by atoms with E-state index in [1.807, 2.05) is 49.4 Å². The lowest BCUT2D eigenvalue weighted by atomic mass is 9.81. The van der Waals surface area contributed by atoms with E-state index in [1.54, 1.807) is 6.92 Å². The van der Waals surface area contributed by atoms with Crippen LogP contribution in [0.4, 0.5) is 0 Å². The molecular formula is C18H16O2. The Bertz CT molecular complexity index is 684. The molecule has 2 aromatic rings. The van der Waals surface area contributed by atoms with E-state index in [-0.39, 0.29) is 11.7 Å². The molecule has 3 rings (SSSR count). The van der Waals surface area contributed by atoms with Crippen molar-refractivity contribution in [1.82, 2.24) is 0 Å². The summed E-state index contributed by atoms with van der Waals surface area (Å²) in [4.78, 5) is 12.1. The summed E-state index contributed by atoms with van der Waals surface area (Å²) in [7, 11) is 0. The van der Waals surface area contributed by atoms with Crippen LogP contribution < -0.4 is 4.74 Å². The largest absolute Gasteiger partial charge is 0.461 e. The molecule has 1 aliphatic rings. The van der Waals surface area contributed by atoms with Gasteiger partial charge in [-0.1, -0.05) is 48.5 Å². The van der Waals surface area contributed by atoms with Crippen LogP contribution in [0.1, 0.15) is 30.9 Å². The van der Waals surface area contributed by atoms with Crippen LogP contribution in [-0.2, 0) is 4.79 Å². The standard InChI is InChI=1S/C18H16O2/c1-12(19)17-13(2)20-16-11-7-6-10-15(16)18(17)14-8-4-3-5-9-14/h3-11,18H,1-2H3/t18-/m0/s1. The lowest BCUT2D eigenvalue weighted by Crippen LogP contribution is -2.20. The van der Waals surface area contributed by atoms with Gasteiger partial charge >= 0.3 is 0 Å². The molecule has 0 bridgehead atoms. The molecule has 0 spiro atoms. The third-order valence-corrected chi connectivity index (χ3v) is 3.67. The van der Waals surface area contributed by atoms with E-state index in [1.165, 1.54) is 0 Å². The van der Waals surface area contributed by atoms with Crippen LogP contribution in [0.25, 0.3) is 0 Å². The first kappa shape index (κ1) is 12.7. The second-order valence-corrected chi connectivity index (χ2v) is 5.01. The molecule has 0 saturated carbocycles. The van der Waals surface area contributed by atoms with E-state index in [0.29, 0.717) is 5.76 Å². The molecule has 2 heteroatoms. The second kappa shape index (κ2) is 4.97. The van der Waals surface area contributed by atoms with Crippen LogP contribution in [0.15, 0.2) is 65.9 Å². The summed E-state index contributed by atoms with van der Waals surface area (Å²) in [5.41, 5.74) is 2.91. The summed E-state index contributed by atoms with van der Waals surface area (Å²) in [6, 6.07) is 18.0. The van der Waals surface area contributed by atoms with Crippen molar-refractivity contribution in [3.63, 3.8) is 0 Å². The quantitative estimate of drug-likeness (QED) is 0.817. The maximum atomic E-state index is 12.1. The van der Waals surface area contributed by atoms with Gasteiger partial charge in [0, 0.05) is 17.1 Å². The van der Waals surface area contributed by atoms with Crippen LogP contribution in [0, 0.1) is 0 Å². The van der Waals surface area contributed by atoms with E-state index in [4.69, 9.17) is 4.74 Å². The fourth-order valence-electron chi connectivity index (χ4n) is 2.83. The minimum atomic E-state index is -0.0429. The van der Waals surface area contributed by atoms with Gasteiger partial charge in [0.25, 0.3) is 0 Å². The zero-order valence-corrected chi connectivity index (χ0v) is 11.6. The van der Waals surface area contributed by atoms with Gasteiger partial charge in [-0.2, -0.15) is 0 Å². The van der Waals surface area contributed by atoms with E-state index in [9.17, 15) is 4.79 Å². The number of allylic oxidation sites excluding steroid dienone is 2. The minimum Gasteiger partial charge on any atom is -0.461 e. The molecule has 0 saturated heterocycles. The molecule has 0 amide bonds. The first-order chi connectivity index (χ1) is 9.68. The van der Waals surface area contributed by atoms with Gasteiger partial charge in [0.05, 0.1) is 0 Å². The first-order valence-corrected chi connectivity index (χ1v) is 6.72. The summed E-state index contributed by atoms with van der Waals surface area (Å²) in [5, 5.41) is 0. The van der Waals surface area contributed by atoms with Gasteiger partial charge in [0.2, 0.25) is 0 Å². The van der Waals surface area contributed by atoms with Crippen molar-refractivity contribution >= 4 is 5.78 Å². The smallest absolute Gasteiger partial charge is 0.160 e. The van der Waals surface area contributed by atoms with Crippen molar-refractivity contribution in [2.45, 2.75) is 19.8 Å². The van der Waals surface area contributed by atoms with E-state index >= 15 is 0 Å². The highest BCUT2D eigenvalue weighted by Gasteiger charge is 2.31. The Morgan fingerprint density at radius 2 is 1.65 bits per heavy atom. The number of fused-ring (bicyclic) bond motifs is 1. The van der Waals surface area contributed by atoms with Crippen molar-refractivity contribution in [2.75, 3.05) is 0 Å². The molecule has 100 valence electrons. The average molecular weight is 264 g/mol. The summed E-state index contributed by atoms with van der Waals surface area (Å²) in [6.07, 6.45) is 0. The molecular weight excluding hydrogens is 248 g/mol. The Balaban J connectivity index is 2.24. The zero-order chi connectivity index (χ0) is 14.1. The van der Waals surface area contributed by atoms with Gasteiger partial charge in [0.15, 0.2) is 5.78 Å². The molecule has 1 heterocycles. The summed E-state index contributed by atoms with van der Waals surface area (Å²) in [6.45, 7) is 3.47. The van der Waals surface area contributed by atoms with E-state index < -0.39 is 0 Å². The topological polar surface area (TPSA) is 26.3 Å². The number of hydrogen-bond donors (Lipinski definition) is 0. The van der Waals surface area contributed by atoms with Crippen molar-refractivity contribution in [2.24, 2.45) is 0 Å². The third kappa shape index (κ3) is 2.03. The molecule has 0 radical (unpaired) electrons. The molecule has 0 N–H and O–H groups in total. The maximum Gasteiger partial charge on any atom is 0.160 e. The van der Waals surface area contributed by atoms with E-state index in [2.05, 4.69) is 12.1 Å². The van der Waals surface area contributed by atoms with Gasteiger partial charge in [-0.25, -0.2) is 0 Å². The predicted octanol–water partition coefficient (Wildman–Crippen LogP) is 4.07. The van der Waals surface area contributed by atoms with Crippen molar-refractivity contribution < 1.29 is 9.53 Å². The number of carbonyl (C=O) groups excluding carboxylic acids is 1. The van der Waals surface area contributed by atoms with Gasteiger partial charge in [-0.3, -0.25) is 4.79 Å². The number of para-hydroxylation sites is 1. The Hall–Kier alpha value is -2.35. The summed E-state index contributed by atoms with van der Waals surface area (Å²) in [5.74, 6) is 1.55. The highest BCUT2D eigenvalue weighted by Crippen LogP contribution is 2.43. The minimum absolute atomic E-state index is 0.0429. The number of ether oxygens (including phenoxy) is 1. The fourth-order valence-corrected chi connectivity index (χ4v) is 2.83. The molecule has 0 aliphatic carbocycles. The fraction of sp³-hybridized carbons (Fsp3) is 0.167. The summed E-state index contributed by atoms with van der Waals surface area (Å²) >= 11 is 0. The Morgan fingerprint density at radius 1 is 1.00 bits per heavy atom. The molecule has 0 aromatic heterocycles. The molecule has 1 aliphatic heterocycles. The Kier molecular flexibility index (Phi) is 3.15. The average Bonchev–Trinajstić information content (AvgIpc) is 2.46. The van der Waals surface area contributed by atoms with E-state index in [0.717, 1.165) is 22.4 Å². The maximum absolute atomic E-state index is 12.1. The molecule has 1 atom stereocenters. The highest BCUT2D eigenvalue weighted by molar-refractivity contribution is 5.96. The van der Waals surface area contributed by atoms with Gasteiger partial charge in [-0.15, -0.1) is 0 Å². The highest BCUT2D eigenvalue weighted by atomic mass is 16.5. The SMILES string of the molecule is CC(=O)C1=C(C)Oc2ccccc2[C@@H]1c1ccccc1. The number of ketones is 1. The molecule has 2 nitrogen and oxygen atoms in total. The zero-order valence-electron chi connectivity index (χ0n) is 11.6. The lowest BCUT2D eigenvalue weighted by molar-refractivity contribution is -0.114. The number of rotatable bonds is 2. The van der Waals surface area contributed by atoms with Crippen LogP contribution >= 0.6 is 0 Å². The number of Topliss-reactive ketones (excluding diaryl/α,β-unsaturated/α-hetero) is 1. The number of benzene rings is 2. The lowest BCUT2D eigenvalue weighted by Gasteiger charge is -2.28. The van der Waals surface area contributed by atoms with Crippen molar-refractivity contribution in [1.29, 1.82) is 0 Å². The predicted molar refractivity (Wildman–Crippen MR) is 78.7 cm³/mol. The Labute approximate surface area is 118 Å². The van der Waals surface area contributed by atoms with Crippen LogP contribution in [-0.4, -0.2) is 5.78 Å². The first-order valence-electron chi connectivity index (χ1n) is 6.72. The third-order valence-electron chi connectivity index (χ3n) is 3.67. The molecule has 2 aromatic carbocycles. The molecule has 20 heavy (non-hydrogen) atoms. The normalized spacial score (nSPS) is 17.4. The van der Waals surface area contributed by atoms with Gasteiger partial charge < -0.3 is 4.74 Å². The van der Waals surface area contributed by atoms with Crippen LogP contribution in [0.2, 0.25) is 0 Å². The number of carbonyl (C=O) groups is 1. The Morgan fingerprint density at radius 3 is 2.35 bits per heavy atom. The number of hydrogen-bond acceptors (Lipinski definition) is 2. The van der Waals surface area contributed by atoms with Crippen molar-refractivity contribution in [3.8, 4) is 5.75 Å². The monoisotopic (exact) mass is 264 g/mol. The summed E-state index contributed by atoms with van der Waals surface area (Å²) < 4.78 is 5.82. The van der Waals surface area contributed by atoms with Crippen LogP contribution in [0.3, 0.4) is 0 Å². The molecule has 0 fully saturated rings. The van der Waals surface area contributed by atoms with Crippen LogP contribution in [0.5, 0.6) is 5.75 Å². The van der Waals surface area contributed by atoms with Gasteiger partial charge in [-0.05, 0) is 25.5 Å². The van der Waals surface area contributed by atoms with Crippen molar-refractivity contribution in [3.05, 3.63) is 77.1 Å². The molecule has 0 unspecified atom stereocenters. The second-order valence-electron chi connectivity index (χ2n) is 5.01. The van der Waals surface area contributed by atoms with Gasteiger partial charge in [0.1, 0.15) is 11.5 Å².